The van der Waals surface area contributed by atoms with Gasteiger partial charge >= 0.3 is 0 Å². The van der Waals surface area contributed by atoms with Crippen molar-refractivity contribution in [1.29, 1.82) is 0 Å². The first kappa shape index (κ1) is 12.0. The minimum atomic E-state index is 0.476. The molecule has 15 heavy (non-hydrogen) atoms. The van der Waals surface area contributed by atoms with E-state index in [9.17, 15) is 0 Å². The SMILES string of the molecule is CCC(C)C(C)Nc1cc(C)cc(C)n1. The van der Waals surface area contributed by atoms with Crippen molar-refractivity contribution < 1.29 is 0 Å². The molecular weight excluding hydrogens is 184 g/mol. The van der Waals surface area contributed by atoms with Gasteiger partial charge < -0.3 is 5.32 Å². The number of nitrogens with zero attached hydrogens (tertiary/aromatic N) is 1. The van der Waals surface area contributed by atoms with Crippen LogP contribution in [0.2, 0.25) is 0 Å². The van der Waals surface area contributed by atoms with Crippen LogP contribution >= 0.6 is 0 Å². The summed E-state index contributed by atoms with van der Waals surface area (Å²) in [6.45, 7) is 10.8. The van der Waals surface area contributed by atoms with Gasteiger partial charge in [-0.25, -0.2) is 4.98 Å². The zero-order valence-electron chi connectivity index (χ0n) is 10.5. The van der Waals surface area contributed by atoms with Gasteiger partial charge in [0.2, 0.25) is 0 Å². The summed E-state index contributed by atoms with van der Waals surface area (Å²) < 4.78 is 0. The van der Waals surface area contributed by atoms with Gasteiger partial charge in [-0.2, -0.15) is 0 Å². The van der Waals surface area contributed by atoms with Crippen LogP contribution in [-0.4, -0.2) is 11.0 Å². The number of aryl methyl sites for hydroxylation is 2. The second-order valence-corrected chi connectivity index (χ2v) is 4.49. The molecule has 1 heterocycles. The summed E-state index contributed by atoms with van der Waals surface area (Å²) in [5.74, 6) is 1.67. The van der Waals surface area contributed by atoms with Crippen LogP contribution in [0.4, 0.5) is 5.82 Å². The highest BCUT2D eigenvalue weighted by molar-refractivity contribution is 5.39. The van der Waals surface area contributed by atoms with Crippen LogP contribution in [0.15, 0.2) is 12.1 Å². The number of aromatic nitrogens is 1. The first-order valence-electron chi connectivity index (χ1n) is 5.74. The minimum Gasteiger partial charge on any atom is -0.367 e. The molecule has 0 aromatic carbocycles. The van der Waals surface area contributed by atoms with Crippen molar-refractivity contribution in [2.75, 3.05) is 5.32 Å². The fraction of sp³-hybridized carbons (Fsp3) is 0.615. The first-order chi connectivity index (χ1) is 7.02. The molecule has 0 bridgehead atoms. The Bertz CT molecular complexity index is 300. The lowest BCUT2D eigenvalue weighted by molar-refractivity contribution is 0.493. The number of rotatable bonds is 4. The van der Waals surface area contributed by atoms with Gasteiger partial charge in [-0.05, 0) is 44.4 Å². The zero-order chi connectivity index (χ0) is 11.4. The van der Waals surface area contributed by atoms with E-state index in [0.29, 0.717) is 12.0 Å². The highest BCUT2D eigenvalue weighted by Gasteiger charge is 2.10. The van der Waals surface area contributed by atoms with E-state index in [-0.39, 0.29) is 0 Å². The summed E-state index contributed by atoms with van der Waals surface area (Å²) in [7, 11) is 0. The van der Waals surface area contributed by atoms with Gasteiger partial charge in [-0.1, -0.05) is 20.3 Å². The van der Waals surface area contributed by atoms with Crippen molar-refractivity contribution in [2.24, 2.45) is 5.92 Å². The Morgan fingerprint density at radius 2 is 1.93 bits per heavy atom. The van der Waals surface area contributed by atoms with Gasteiger partial charge in [-0.3, -0.25) is 0 Å². The summed E-state index contributed by atoms with van der Waals surface area (Å²) >= 11 is 0. The molecule has 1 N–H and O–H groups in total. The molecule has 84 valence electrons. The molecule has 0 aliphatic heterocycles. The molecule has 2 unspecified atom stereocenters. The molecule has 0 amide bonds. The molecule has 1 aromatic heterocycles. The zero-order valence-corrected chi connectivity index (χ0v) is 10.5. The van der Waals surface area contributed by atoms with Crippen molar-refractivity contribution in [1.82, 2.24) is 4.98 Å². The van der Waals surface area contributed by atoms with E-state index in [0.717, 1.165) is 11.5 Å². The van der Waals surface area contributed by atoms with Crippen molar-refractivity contribution in [3.63, 3.8) is 0 Å². The Balaban J connectivity index is 2.72. The van der Waals surface area contributed by atoms with Crippen molar-refractivity contribution in [3.8, 4) is 0 Å². The first-order valence-corrected chi connectivity index (χ1v) is 5.74. The molecule has 0 aliphatic rings. The third-order valence-corrected chi connectivity index (χ3v) is 2.97. The van der Waals surface area contributed by atoms with Gasteiger partial charge in [0.25, 0.3) is 0 Å². The third kappa shape index (κ3) is 3.54. The smallest absolute Gasteiger partial charge is 0.126 e. The molecule has 0 fully saturated rings. The fourth-order valence-electron chi connectivity index (χ4n) is 1.64. The molecule has 2 heteroatoms. The maximum atomic E-state index is 4.48. The third-order valence-electron chi connectivity index (χ3n) is 2.97. The summed E-state index contributed by atoms with van der Waals surface area (Å²) in [5, 5.41) is 3.46. The second-order valence-electron chi connectivity index (χ2n) is 4.49. The number of hydrogen-bond acceptors (Lipinski definition) is 2. The largest absolute Gasteiger partial charge is 0.367 e. The maximum Gasteiger partial charge on any atom is 0.126 e. The van der Waals surface area contributed by atoms with E-state index in [4.69, 9.17) is 0 Å². The van der Waals surface area contributed by atoms with Crippen LogP contribution in [0, 0.1) is 19.8 Å². The van der Waals surface area contributed by atoms with Crippen LogP contribution in [0.5, 0.6) is 0 Å². The molecule has 1 rings (SSSR count). The molecule has 2 atom stereocenters. The van der Waals surface area contributed by atoms with Gasteiger partial charge in [0.1, 0.15) is 5.82 Å². The predicted molar refractivity (Wildman–Crippen MR) is 66.3 cm³/mol. The highest BCUT2D eigenvalue weighted by Crippen LogP contribution is 2.15. The summed E-state index contributed by atoms with van der Waals surface area (Å²) in [6, 6.07) is 4.68. The lowest BCUT2D eigenvalue weighted by Crippen LogP contribution is -2.23. The molecule has 0 saturated heterocycles. The van der Waals surface area contributed by atoms with E-state index >= 15 is 0 Å². The topological polar surface area (TPSA) is 24.9 Å². The second kappa shape index (κ2) is 5.15. The van der Waals surface area contributed by atoms with E-state index < -0.39 is 0 Å². The molecule has 0 saturated carbocycles. The van der Waals surface area contributed by atoms with Crippen LogP contribution < -0.4 is 5.32 Å². The molecule has 0 spiro atoms. The van der Waals surface area contributed by atoms with Crippen LogP contribution in [0.3, 0.4) is 0 Å². The monoisotopic (exact) mass is 206 g/mol. The van der Waals surface area contributed by atoms with E-state index in [1.807, 2.05) is 6.92 Å². The summed E-state index contributed by atoms with van der Waals surface area (Å²) in [6.07, 6.45) is 1.19. The van der Waals surface area contributed by atoms with Crippen LogP contribution in [0.25, 0.3) is 0 Å². The number of hydrogen-bond donors (Lipinski definition) is 1. The average Bonchev–Trinajstić information content (AvgIpc) is 2.14. The van der Waals surface area contributed by atoms with Crippen molar-refractivity contribution in [2.45, 2.75) is 47.1 Å². The van der Waals surface area contributed by atoms with Gasteiger partial charge in [0.05, 0.1) is 0 Å². The minimum absolute atomic E-state index is 0.476. The maximum absolute atomic E-state index is 4.48. The normalized spacial score (nSPS) is 14.7. The highest BCUT2D eigenvalue weighted by atomic mass is 15.0. The Morgan fingerprint density at radius 1 is 1.27 bits per heavy atom. The van der Waals surface area contributed by atoms with Gasteiger partial charge in [-0.15, -0.1) is 0 Å². The Labute approximate surface area is 93.1 Å². The molecule has 0 radical (unpaired) electrons. The van der Waals surface area contributed by atoms with Crippen LogP contribution in [-0.2, 0) is 0 Å². The number of anilines is 1. The summed E-state index contributed by atoms with van der Waals surface area (Å²) in [4.78, 5) is 4.48. The predicted octanol–water partition coefficient (Wildman–Crippen LogP) is 3.54. The number of pyridine rings is 1. The molecule has 1 aromatic rings. The standard InChI is InChI=1S/C13H22N2/c1-6-10(3)12(5)15-13-8-9(2)7-11(4)14-13/h7-8,10,12H,6H2,1-5H3,(H,14,15). The Morgan fingerprint density at radius 3 is 2.47 bits per heavy atom. The van der Waals surface area contributed by atoms with E-state index in [2.05, 4.69) is 50.1 Å². The fourth-order valence-corrected chi connectivity index (χ4v) is 1.64. The van der Waals surface area contributed by atoms with E-state index in [1.54, 1.807) is 0 Å². The molecule has 0 aliphatic carbocycles. The van der Waals surface area contributed by atoms with Crippen molar-refractivity contribution >= 4 is 5.82 Å². The molecule has 2 nitrogen and oxygen atoms in total. The van der Waals surface area contributed by atoms with Gasteiger partial charge in [0, 0.05) is 11.7 Å². The quantitative estimate of drug-likeness (QED) is 0.815. The summed E-state index contributed by atoms with van der Waals surface area (Å²) in [5.41, 5.74) is 2.34. The Kier molecular flexibility index (Phi) is 4.13. The van der Waals surface area contributed by atoms with Gasteiger partial charge in [0.15, 0.2) is 0 Å². The average molecular weight is 206 g/mol. The lowest BCUT2D eigenvalue weighted by Gasteiger charge is -2.20. The number of nitrogens with one attached hydrogen (secondary N) is 1. The van der Waals surface area contributed by atoms with E-state index in [1.165, 1.54) is 12.0 Å². The van der Waals surface area contributed by atoms with Crippen LogP contribution in [0.1, 0.15) is 38.4 Å². The Hall–Kier alpha value is -1.05. The molecular formula is C13H22N2. The lowest BCUT2D eigenvalue weighted by atomic mass is 10.0. The van der Waals surface area contributed by atoms with Crippen molar-refractivity contribution in [3.05, 3.63) is 23.4 Å².